The lowest BCUT2D eigenvalue weighted by molar-refractivity contribution is 0.974. The molecule has 2 heteroatoms. The summed E-state index contributed by atoms with van der Waals surface area (Å²) in [7, 11) is 2.06. The van der Waals surface area contributed by atoms with Crippen LogP contribution in [-0.2, 0) is 0 Å². The van der Waals surface area contributed by atoms with E-state index in [4.69, 9.17) is 5.26 Å². The average Bonchev–Trinajstić information content (AvgIpc) is 2.36. The zero-order valence-electron chi connectivity index (χ0n) is 9.57. The second-order valence-electron chi connectivity index (χ2n) is 3.80. The van der Waals surface area contributed by atoms with E-state index in [2.05, 4.69) is 31.0 Å². The first-order chi connectivity index (χ1) is 7.77. The van der Waals surface area contributed by atoms with E-state index in [0.29, 0.717) is 0 Å². The van der Waals surface area contributed by atoms with Crippen LogP contribution >= 0.6 is 0 Å². The van der Waals surface area contributed by atoms with Crippen molar-refractivity contribution in [3.8, 4) is 6.07 Å². The second-order valence-corrected chi connectivity index (χ2v) is 3.80. The quantitative estimate of drug-likeness (QED) is 0.761. The Balaban J connectivity index is 2.75. The van der Waals surface area contributed by atoms with Gasteiger partial charge < -0.3 is 4.90 Å². The summed E-state index contributed by atoms with van der Waals surface area (Å²) in [6.45, 7) is 3.07. The molecule has 0 saturated heterocycles. The average molecular weight is 210 g/mol. The van der Waals surface area contributed by atoms with E-state index in [0.717, 1.165) is 22.9 Å². The third-order valence-electron chi connectivity index (χ3n) is 2.91. The van der Waals surface area contributed by atoms with Crippen molar-refractivity contribution in [2.45, 2.75) is 6.92 Å². The van der Waals surface area contributed by atoms with Crippen molar-refractivity contribution in [1.82, 2.24) is 0 Å². The first-order valence-electron chi connectivity index (χ1n) is 5.41. The van der Waals surface area contributed by atoms with Crippen LogP contribution in [0.3, 0.4) is 0 Å². The minimum absolute atomic E-state index is 0.740. The smallest absolute Gasteiger partial charge is 0.0998 e. The van der Waals surface area contributed by atoms with Crippen molar-refractivity contribution in [1.29, 1.82) is 5.26 Å². The Morgan fingerprint density at radius 3 is 2.44 bits per heavy atom. The molecular formula is C14H14N2. The summed E-state index contributed by atoms with van der Waals surface area (Å²) in [5.74, 6) is 0. The molecule has 0 aromatic heterocycles. The summed E-state index contributed by atoms with van der Waals surface area (Å²) in [6.07, 6.45) is 0. The molecule has 0 unspecified atom stereocenters. The monoisotopic (exact) mass is 210 g/mol. The minimum Gasteiger partial charge on any atom is -0.374 e. The summed E-state index contributed by atoms with van der Waals surface area (Å²) in [5, 5.41) is 11.2. The van der Waals surface area contributed by atoms with E-state index in [9.17, 15) is 0 Å². The van der Waals surface area contributed by atoms with Gasteiger partial charge in [0.15, 0.2) is 0 Å². The van der Waals surface area contributed by atoms with Crippen LogP contribution in [0.2, 0.25) is 0 Å². The van der Waals surface area contributed by atoms with Gasteiger partial charge in [-0.1, -0.05) is 24.3 Å². The number of anilines is 1. The van der Waals surface area contributed by atoms with Gasteiger partial charge in [0, 0.05) is 30.1 Å². The summed E-state index contributed by atoms with van der Waals surface area (Å²) < 4.78 is 0. The summed E-state index contributed by atoms with van der Waals surface area (Å²) in [6, 6.07) is 14.2. The molecule has 0 atom stereocenters. The molecule has 0 fully saturated rings. The van der Waals surface area contributed by atoms with Gasteiger partial charge in [0.1, 0.15) is 0 Å². The number of fused-ring (bicyclic) bond motifs is 1. The van der Waals surface area contributed by atoms with E-state index in [-0.39, 0.29) is 0 Å². The van der Waals surface area contributed by atoms with Crippen LogP contribution in [0.5, 0.6) is 0 Å². The van der Waals surface area contributed by atoms with Gasteiger partial charge in [0.2, 0.25) is 0 Å². The number of hydrogen-bond acceptors (Lipinski definition) is 2. The van der Waals surface area contributed by atoms with Gasteiger partial charge in [-0.2, -0.15) is 5.26 Å². The van der Waals surface area contributed by atoms with Crippen LogP contribution in [0.15, 0.2) is 36.4 Å². The van der Waals surface area contributed by atoms with E-state index >= 15 is 0 Å². The van der Waals surface area contributed by atoms with E-state index in [1.54, 1.807) is 0 Å². The SMILES string of the molecule is CCN(C)c1ccc(C#N)c2ccccc12. The Hall–Kier alpha value is -2.01. The summed E-state index contributed by atoms with van der Waals surface area (Å²) in [5.41, 5.74) is 1.92. The van der Waals surface area contributed by atoms with Crippen LogP contribution in [0.1, 0.15) is 12.5 Å². The third-order valence-corrected chi connectivity index (χ3v) is 2.91. The molecule has 0 N–H and O–H groups in total. The molecule has 2 aromatic carbocycles. The molecule has 0 aliphatic rings. The van der Waals surface area contributed by atoms with Crippen LogP contribution in [-0.4, -0.2) is 13.6 Å². The summed E-state index contributed by atoms with van der Waals surface area (Å²) >= 11 is 0. The molecule has 0 bridgehead atoms. The fourth-order valence-electron chi connectivity index (χ4n) is 1.88. The number of nitrogens with zero attached hydrogens (tertiary/aromatic N) is 2. The van der Waals surface area contributed by atoms with Gasteiger partial charge in [0.05, 0.1) is 11.6 Å². The highest BCUT2D eigenvalue weighted by molar-refractivity contribution is 5.97. The Kier molecular flexibility index (Phi) is 2.78. The van der Waals surface area contributed by atoms with Gasteiger partial charge in [-0.25, -0.2) is 0 Å². The van der Waals surface area contributed by atoms with Gasteiger partial charge in [-0.15, -0.1) is 0 Å². The molecule has 0 radical (unpaired) electrons. The molecule has 0 aliphatic carbocycles. The van der Waals surface area contributed by atoms with Gasteiger partial charge in [-0.3, -0.25) is 0 Å². The predicted molar refractivity (Wildman–Crippen MR) is 67.6 cm³/mol. The zero-order valence-corrected chi connectivity index (χ0v) is 9.57. The highest BCUT2D eigenvalue weighted by Gasteiger charge is 2.07. The third kappa shape index (κ3) is 1.61. The van der Waals surface area contributed by atoms with Crippen molar-refractivity contribution in [3.05, 3.63) is 42.0 Å². The lowest BCUT2D eigenvalue weighted by atomic mass is 10.0. The van der Waals surface area contributed by atoms with Gasteiger partial charge >= 0.3 is 0 Å². The van der Waals surface area contributed by atoms with Crippen LogP contribution < -0.4 is 4.90 Å². The lowest BCUT2D eigenvalue weighted by Gasteiger charge is -2.19. The largest absolute Gasteiger partial charge is 0.374 e. The Bertz CT molecular complexity index is 552. The molecule has 2 aromatic rings. The molecule has 80 valence electrons. The van der Waals surface area contributed by atoms with Crippen molar-refractivity contribution in [2.75, 3.05) is 18.5 Å². The summed E-state index contributed by atoms with van der Waals surface area (Å²) in [4.78, 5) is 2.18. The number of hydrogen-bond donors (Lipinski definition) is 0. The lowest BCUT2D eigenvalue weighted by Crippen LogP contribution is -2.16. The van der Waals surface area contributed by atoms with Gasteiger partial charge in [0.25, 0.3) is 0 Å². The van der Waals surface area contributed by atoms with Gasteiger partial charge in [-0.05, 0) is 19.1 Å². The standard InChI is InChI=1S/C14H14N2/c1-3-16(2)14-9-8-11(10-15)12-6-4-5-7-13(12)14/h4-9H,3H2,1-2H3. The van der Waals surface area contributed by atoms with Crippen molar-refractivity contribution in [3.63, 3.8) is 0 Å². The van der Waals surface area contributed by atoms with E-state index in [1.165, 1.54) is 5.69 Å². The number of nitriles is 1. The molecular weight excluding hydrogens is 196 g/mol. The number of rotatable bonds is 2. The predicted octanol–water partition coefficient (Wildman–Crippen LogP) is 3.17. The molecule has 2 rings (SSSR count). The van der Waals surface area contributed by atoms with Crippen LogP contribution in [0, 0.1) is 11.3 Å². The van der Waals surface area contributed by atoms with Crippen molar-refractivity contribution in [2.24, 2.45) is 0 Å². The molecule has 0 amide bonds. The maximum absolute atomic E-state index is 9.06. The molecule has 2 nitrogen and oxygen atoms in total. The Labute approximate surface area is 95.7 Å². The first-order valence-corrected chi connectivity index (χ1v) is 5.41. The minimum atomic E-state index is 0.740. The molecule has 0 saturated carbocycles. The fraction of sp³-hybridized carbons (Fsp3) is 0.214. The highest BCUT2D eigenvalue weighted by Crippen LogP contribution is 2.28. The second kappa shape index (κ2) is 4.24. The molecule has 0 spiro atoms. The van der Waals surface area contributed by atoms with E-state index < -0.39 is 0 Å². The Morgan fingerprint density at radius 2 is 1.81 bits per heavy atom. The topological polar surface area (TPSA) is 27.0 Å². The van der Waals surface area contributed by atoms with E-state index in [1.807, 2.05) is 30.3 Å². The number of benzene rings is 2. The van der Waals surface area contributed by atoms with Crippen LogP contribution in [0.4, 0.5) is 5.69 Å². The highest BCUT2D eigenvalue weighted by atomic mass is 15.1. The maximum atomic E-state index is 9.06. The molecule has 0 aliphatic heterocycles. The molecule has 0 heterocycles. The van der Waals surface area contributed by atoms with Crippen molar-refractivity contribution < 1.29 is 0 Å². The fourth-order valence-corrected chi connectivity index (χ4v) is 1.88. The van der Waals surface area contributed by atoms with Crippen molar-refractivity contribution >= 4 is 16.5 Å². The zero-order chi connectivity index (χ0) is 11.5. The maximum Gasteiger partial charge on any atom is 0.0998 e. The Morgan fingerprint density at radius 1 is 1.12 bits per heavy atom. The molecule has 16 heavy (non-hydrogen) atoms. The first kappa shape index (κ1) is 10.5. The normalized spacial score (nSPS) is 10.1. The van der Waals surface area contributed by atoms with Crippen LogP contribution in [0.25, 0.3) is 10.8 Å².